The molecule has 0 radical (unpaired) electrons. The second kappa shape index (κ2) is 6.53. The first kappa shape index (κ1) is 16.9. The number of carbonyl (C=O) groups excluding carboxylic acids is 1. The Kier molecular flexibility index (Phi) is 4.42. The first-order valence-corrected chi connectivity index (χ1v) is 8.06. The van der Waals surface area contributed by atoms with Crippen LogP contribution in [0.1, 0.15) is 19.4 Å². The van der Waals surface area contributed by atoms with E-state index in [-0.39, 0.29) is 12.2 Å². The molecule has 5 heteroatoms. The Labute approximate surface area is 144 Å². The zero-order chi connectivity index (χ0) is 18.0. The van der Waals surface area contributed by atoms with Gasteiger partial charge in [-0.15, -0.1) is 0 Å². The predicted octanol–water partition coefficient (Wildman–Crippen LogP) is 2.97. The molecule has 0 aliphatic carbocycles. The molecule has 1 atom stereocenters. The van der Waals surface area contributed by atoms with Crippen molar-refractivity contribution in [2.45, 2.75) is 19.4 Å². The lowest BCUT2D eigenvalue weighted by molar-refractivity contribution is -0.164. The van der Waals surface area contributed by atoms with Crippen molar-refractivity contribution in [3.8, 4) is 11.3 Å². The fourth-order valence-corrected chi connectivity index (χ4v) is 2.76. The van der Waals surface area contributed by atoms with Gasteiger partial charge in [0.25, 0.3) is 5.56 Å². The van der Waals surface area contributed by atoms with Crippen LogP contribution in [0.3, 0.4) is 0 Å². The topological polar surface area (TPSA) is 79.4 Å². The van der Waals surface area contributed by atoms with Gasteiger partial charge in [-0.2, -0.15) is 0 Å². The Balaban J connectivity index is 2.01. The van der Waals surface area contributed by atoms with E-state index in [2.05, 4.69) is 4.98 Å². The number of esters is 1. The van der Waals surface area contributed by atoms with E-state index in [1.165, 1.54) is 13.0 Å². The highest BCUT2D eigenvalue weighted by Crippen LogP contribution is 2.24. The van der Waals surface area contributed by atoms with Gasteiger partial charge in [0.15, 0.2) is 5.60 Å². The smallest absolute Gasteiger partial charge is 0.342 e. The number of carbonyl (C=O) groups is 1. The number of hydrogen-bond acceptors (Lipinski definition) is 4. The maximum absolute atomic E-state index is 12.4. The Morgan fingerprint density at radius 1 is 1.12 bits per heavy atom. The van der Waals surface area contributed by atoms with Gasteiger partial charge in [0.05, 0.1) is 12.2 Å². The van der Waals surface area contributed by atoms with E-state index in [0.717, 1.165) is 16.3 Å². The van der Waals surface area contributed by atoms with Crippen molar-refractivity contribution < 1.29 is 14.6 Å². The molecule has 0 saturated carbocycles. The summed E-state index contributed by atoms with van der Waals surface area (Å²) in [5.41, 5.74) is -1.11. The van der Waals surface area contributed by atoms with E-state index in [0.29, 0.717) is 5.69 Å². The maximum Gasteiger partial charge on any atom is 0.342 e. The Morgan fingerprint density at radius 3 is 2.52 bits per heavy atom. The third-order valence-electron chi connectivity index (χ3n) is 4.17. The second-order valence-corrected chi connectivity index (χ2v) is 5.97. The summed E-state index contributed by atoms with van der Waals surface area (Å²) in [6.07, 6.45) is 0. The van der Waals surface area contributed by atoms with Gasteiger partial charge >= 0.3 is 5.97 Å². The van der Waals surface area contributed by atoms with Crippen LogP contribution in [0.5, 0.6) is 0 Å². The third-order valence-corrected chi connectivity index (χ3v) is 4.17. The van der Waals surface area contributed by atoms with E-state index >= 15 is 0 Å². The first-order chi connectivity index (χ1) is 11.9. The van der Waals surface area contributed by atoms with Gasteiger partial charge in [-0.3, -0.25) is 4.79 Å². The van der Waals surface area contributed by atoms with Crippen molar-refractivity contribution in [3.05, 3.63) is 70.5 Å². The molecule has 0 amide bonds. The molecule has 3 aromatic rings. The van der Waals surface area contributed by atoms with Gasteiger partial charge in [0.1, 0.15) is 0 Å². The molecular weight excluding hydrogens is 318 g/mol. The zero-order valence-electron chi connectivity index (χ0n) is 14.1. The van der Waals surface area contributed by atoms with Crippen molar-refractivity contribution >= 4 is 16.7 Å². The molecule has 0 fully saturated rings. The average Bonchev–Trinajstić information content (AvgIpc) is 2.61. The first-order valence-electron chi connectivity index (χ1n) is 8.06. The number of ether oxygens (including phenoxy) is 1. The predicted molar refractivity (Wildman–Crippen MR) is 96.2 cm³/mol. The highest BCUT2D eigenvalue weighted by Gasteiger charge is 2.36. The van der Waals surface area contributed by atoms with E-state index in [1.54, 1.807) is 13.0 Å². The van der Waals surface area contributed by atoms with Crippen LogP contribution in [0.4, 0.5) is 0 Å². The molecule has 0 aliphatic heterocycles. The summed E-state index contributed by atoms with van der Waals surface area (Å²) in [5.74, 6) is -0.848. The fraction of sp³-hybridized carbons (Fsp3) is 0.200. The molecule has 0 bridgehead atoms. The summed E-state index contributed by atoms with van der Waals surface area (Å²) in [6, 6.07) is 16.9. The second-order valence-electron chi connectivity index (χ2n) is 5.97. The molecule has 2 N–H and O–H groups in total. The minimum Gasteiger partial charge on any atom is -0.464 e. The summed E-state index contributed by atoms with van der Waals surface area (Å²) in [4.78, 5) is 27.0. The number of aliphatic hydroxyl groups is 1. The number of rotatable bonds is 4. The largest absolute Gasteiger partial charge is 0.464 e. The van der Waals surface area contributed by atoms with E-state index < -0.39 is 17.1 Å². The van der Waals surface area contributed by atoms with Crippen LogP contribution in [0.2, 0.25) is 0 Å². The Hall–Kier alpha value is -2.92. The maximum atomic E-state index is 12.4. The number of hydrogen-bond donors (Lipinski definition) is 2. The molecule has 1 unspecified atom stereocenters. The lowest BCUT2D eigenvalue weighted by Crippen LogP contribution is -2.39. The number of aromatic nitrogens is 1. The number of nitrogens with one attached hydrogen (secondary N) is 1. The number of benzene rings is 2. The van der Waals surface area contributed by atoms with Gasteiger partial charge in [0, 0.05) is 5.69 Å². The van der Waals surface area contributed by atoms with Gasteiger partial charge < -0.3 is 14.8 Å². The molecule has 3 rings (SSSR count). The Bertz CT molecular complexity index is 988. The van der Waals surface area contributed by atoms with Crippen LogP contribution in [0, 0.1) is 0 Å². The van der Waals surface area contributed by atoms with Crippen molar-refractivity contribution in [2.75, 3.05) is 6.61 Å². The van der Waals surface area contributed by atoms with Crippen LogP contribution in [0.15, 0.2) is 59.4 Å². The van der Waals surface area contributed by atoms with E-state index in [9.17, 15) is 14.7 Å². The third kappa shape index (κ3) is 3.19. The lowest BCUT2D eigenvalue weighted by atomic mass is 9.96. The normalized spacial score (nSPS) is 13.4. The van der Waals surface area contributed by atoms with Crippen LogP contribution in [0.25, 0.3) is 22.0 Å². The van der Waals surface area contributed by atoms with E-state index in [4.69, 9.17) is 4.74 Å². The minimum absolute atomic E-state index is 0.0458. The van der Waals surface area contributed by atoms with Crippen LogP contribution in [-0.4, -0.2) is 22.7 Å². The summed E-state index contributed by atoms with van der Waals surface area (Å²) in [6.45, 7) is 3.02. The van der Waals surface area contributed by atoms with E-state index in [1.807, 2.05) is 42.5 Å². The van der Waals surface area contributed by atoms with Crippen LogP contribution >= 0.6 is 0 Å². The SMILES string of the molecule is CCOC(=O)C(C)(O)c1ccc(-c2ccc3ccccc3c2)[nH]c1=O. The molecular formula is C20H19NO4. The minimum atomic E-state index is -1.99. The van der Waals surface area contributed by atoms with Gasteiger partial charge in [-0.1, -0.05) is 36.4 Å². The summed E-state index contributed by atoms with van der Waals surface area (Å²) < 4.78 is 4.84. The molecule has 25 heavy (non-hydrogen) atoms. The lowest BCUT2D eigenvalue weighted by Gasteiger charge is -2.20. The quantitative estimate of drug-likeness (QED) is 0.717. The van der Waals surface area contributed by atoms with Crippen molar-refractivity contribution in [3.63, 3.8) is 0 Å². The number of fused-ring (bicyclic) bond motifs is 1. The monoisotopic (exact) mass is 337 g/mol. The highest BCUT2D eigenvalue weighted by atomic mass is 16.5. The molecule has 0 aliphatic rings. The standard InChI is InChI=1S/C20H19NO4/c1-3-25-19(23)20(2,24)16-10-11-17(21-18(16)22)15-9-8-13-6-4-5-7-14(13)12-15/h4-12,24H,3H2,1-2H3,(H,21,22). The molecule has 0 saturated heterocycles. The Morgan fingerprint density at radius 2 is 1.84 bits per heavy atom. The number of pyridine rings is 1. The highest BCUT2D eigenvalue weighted by molar-refractivity contribution is 5.87. The fourth-order valence-electron chi connectivity index (χ4n) is 2.76. The van der Waals surface area contributed by atoms with Crippen LogP contribution < -0.4 is 5.56 Å². The molecule has 1 heterocycles. The summed E-state index contributed by atoms with van der Waals surface area (Å²) in [7, 11) is 0. The van der Waals surface area contributed by atoms with Gasteiger partial charge in [-0.25, -0.2) is 4.79 Å². The average molecular weight is 337 g/mol. The molecule has 1 aromatic heterocycles. The molecule has 5 nitrogen and oxygen atoms in total. The number of H-pyrrole nitrogens is 1. The van der Waals surface area contributed by atoms with Gasteiger partial charge in [-0.05, 0) is 48.4 Å². The van der Waals surface area contributed by atoms with Crippen molar-refractivity contribution in [1.82, 2.24) is 4.98 Å². The molecule has 2 aromatic carbocycles. The summed E-state index contributed by atoms with van der Waals surface area (Å²) in [5, 5.41) is 12.5. The van der Waals surface area contributed by atoms with Crippen molar-refractivity contribution in [2.24, 2.45) is 0 Å². The van der Waals surface area contributed by atoms with Gasteiger partial charge in [0.2, 0.25) is 0 Å². The zero-order valence-corrected chi connectivity index (χ0v) is 14.1. The van der Waals surface area contributed by atoms with Crippen molar-refractivity contribution in [1.29, 1.82) is 0 Å². The molecule has 0 spiro atoms. The van der Waals surface area contributed by atoms with Crippen LogP contribution in [-0.2, 0) is 15.1 Å². The molecule has 128 valence electrons. The summed E-state index contributed by atoms with van der Waals surface area (Å²) >= 11 is 0. The number of aromatic amines is 1.